The van der Waals surface area contributed by atoms with Gasteiger partial charge in [0.15, 0.2) is 0 Å². The Morgan fingerprint density at radius 3 is 2.45 bits per heavy atom. The maximum atomic E-state index is 12.6. The van der Waals surface area contributed by atoms with Crippen LogP contribution in [0.1, 0.15) is 27.0 Å². The molecule has 1 aromatic heterocycles. The van der Waals surface area contributed by atoms with E-state index in [1.54, 1.807) is 47.4 Å². The van der Waals surface area contributed by atoms with Crippen molar-refractivity contribution in [3.05, 3.63) is 110 Å². The Balaban J connectivity index is 1.36. The van der Waals surface area contributed by atoms with Gasteiger partial charge in [-0.15, -0.1) is 0 Å². The molecule has 0 aliphatic rings. The Morgan fingerprint density at radius 1 is 1.00 bits per heavy atom. The molecule has 0 saturated heterocycles. The van der Waals surface area contributed by atoms with Gasteiger partial charge in [-0.2, -0.15) is 5.10 Å². The van der Waals surface area contributed by atoms with Crippen molar-refractivity contribution >= 4 is 46.4 Å². The highest BCUT2D eigenvalue weighted by Crippen LogP contribution is 2.27. The lowest BCUT2D eigenvalue weighted by Gasteiger charge is -2.09. The van der Waals surface area contributed by atoms with E-state index < -0.39 is 0 Å². The molecule has 33 heavy (non-hydrogen) atoms. The van der Waals surface area contributed by atoms with Crippen molar-refractivity contribution in [2.24, 2.45) is 0 Å². The van der Waals surface area contributed by atoms with Gasteiger partial charge in [-0.25, -0.2) is 0 Å². The predicted octanol–water partition coefficient (Wildman–Crippen LogP) is 7.03. The second-order valence-corrected chi connectivity index (χ2v) is 8.72. The fourth-order valence-electron chi connectivity index (χ4n) is 3.20. The Bertz CT molecular complexity index is 1270. The van der Waals surface area contributed by atoms with Crippen LogP contribution >= 0.6 is 34.8 Å². The van der Waals surface area contributed by atoms with Gasteiger partial charge in [0.25, 0.3) is 5.91 Å². The third-order valence-electron chi connectivity index (χ3n) is 4.97. The maximum absolute atomic E-state index is 12.6. The molecular weight excluding hydrogens is 481 g/mol. The summed E-state index contributed by atoms with van der Waals surface area (Å²) in [5.41, 5.74) is 3.86. The van der Waals surface area contributed by atoms with Crippen molar-refractivity contribution < 1.29 is 9.53 Å². The molecule has 0 atom stereocenters. The molecule has 168 valence electrons. The number of carbonyl (C=O) groups excluding carboxylic acids is 1. The molecule has 0 radical (unpaired) electrons. The van der Waals surface area contributed by atoms with Crippen LogP contribution < -0.4 is 10.1 Å². The highest BCUT2D eigenvalue weighted by Gasteiger charge is 2.11. The standard InChI is InChI=1S/C25H20Cl3N3O2/c1-16-5-10-23(28)24(11-16)33-15-17-6-8-18(9-7-17)25(32)30-19-12-29-31(13-19)14-20-21(26)3-2-4-22(20)27/h2-13H,14-15H2,1H3,(H,30,32). The lowest BCUT2D eigenvalue weighted by molar-refractivity contribution is 0.102. The lowest BCUT2D eigenvalue weighted by Crippen LogP contribution is -2.11. The van der Waals surface area contributed by atoms with Crippen molar-refractivity contribution in [1.82, 2.24) is 9.78 Å². The smallest absolute Gasteiger partial charge is 0.255 e. The molecule has 4 aromatic rings. The van der Waals surface area contributed by atoms with Gasteiger partial charge in [0, 0.05) is 27.4 Å². The molecular formula is C25H20Cl3N3O2. The molecule has 8 heteroatoms. The monoisotopic (exact) mass is 499 g/mol. The summed E-state index contributed by atoms with van der Waals surface area (Å²) in [4.78, 5) is 12.6. The molecule has 0 bridgehead atoms. The van der Waals surface area contributed by atoms with Gasteiger partial charge in [-0.1, -0.05) is 59.1 Å². The van der Waals surface area contributed by atoms with Crippen LogP contribution in [0.3, 0.4) is 0 Å². The molecule has 1 N–H and O–H groups in total. The molecule has 0 unspecified atom stereocenters. The van der Waals surface area contributed by atoms with E-state index in [2.05, 4.69) is 10.4 Å². The van der Waals surface area contributed by atoms with Gasteiger partial charge < -0.3 is 10.1 Å². The van der Waals surface area contributed by atoms with Crippen LogP contribution in [0.15, 0.2) is 73.1 Å². The molecule has 0 saturated carbocycles. The van der Waals surface area contributed by atoms with Gasteiger partial charge in [0.1, 0.15) is 12.4 Å². The van der Waals surface area contributed by atoms with Crippen LogP contribution in [-0.2, 0) is 13.2 Å². The molecule has 0 aliphatic carbocycles. The van der Waals surface area contributed by atoms with Crippen LogP contribution in [0.4, 0.5) is 5.69 Å². The first-order valence-electron chi connectivity index (χ1n) is 10.1. The number of ether oxygens (including phenoxy) is 1. The number of hydrogen-bond donors (Lipinski definition) is 1. The van der Waals surface area contributed by atoms with Crippen LogP contribution in [0.25, 0.3) is 0 Å². The fourth-order valence-corrected chi connectivity index (χ4v) is 3.89. The van der Waals surface area contributed by atoms with E-state index in [1.165, 1.54) is 0 Å². The van der Waals surface area contributed by atoms with E-state index in [9.17, 15) is 4.79 Å². The largest absolute Gasteiger partial charge is 0.487 e. The summed E-state index contributed by atoms with van der Waals surface area (Å²) >= 11 is 18.6. The van der Waals surface area contributed by atoms with Crippen molar-refractivity contribution in [1.29, 1.82) is 0 Å². The topological polar surface area (TPSA) is 56.1 Å². The first-order valence-corrected chi connectivity index (χ1v) is 11.3. The highest BCUT2D eigenvalue weighted by atomic mass is 35.5. The number of amides is 1. The zero-order valence-corrected chi connectivity index (χ0v) is 20.0. The van der Waals surface area contributed by atoms with Gasteiger partial charge in [0.2, 0.25) is 0 Å². The number of halogens is 3. The van der Waals surface area contributed by atoms with E-state index in [-0.39, 0.29) is 5.91 Å². The summed E-state index contributed by atoms with van der Waals surface area (Å²) in [6, 6.07) is 18.2. The minimum Gasteiger partial charge on any atom is -0.487 e. The number of carbonyl (C=O) groups is 1. The van der Waals surface area contributed by atoms with Crippen LogP contribution in [0, 0.1) is 6.92 Å². The molecule has 0 spiro atoms. The average Bonchev–Trinajstić information content (AvgIpc) is 3.24. The Labute approximate surface area is 206 Å². The normalized spacial score (nSPS) is 10.8. The molecule has 3 aromatic carbocycles. The summed E-state index contributed by atoms with van der Waals surface area (Å²) < 4.78 is 7.47. The Hall–Kier alpha value is -2.99. The van der Waals surface area contributed by atoms with Crippen molar-refractivity contribution in [3.8, 4) is 5.75 Å². The molecule has 5 nitrogen and oxygen atoms in total. The van der Waals surface area contributed by atoms with Crippen LogP contribution in [-0.4, -0.2) is 15.7 Å². The maximum Gasteiger partial charge on any atom is 0.255 e. The number of aryl methyl sites for hydroxylation is 1. The van der Waals surface area contributed by atoms with Crippen molar-refractivity contribution in [3.63, 3.8) is 0 Å². The second-order valence-electron chi connectivity index (χ2n) is 7.50. The summed E-state index contributed by atoms with van der Waals surface area (Å²) in [5, 5.41) is 8.82. The van der Waals surface area contributed by atoms with Crippen molar-refractivity contribution in [2.75, 3.05) is 5.32 Å². The summed E-state index contributed by atoms with van der Waals surface area (Å²) in [5.74, 6) is 0.396. The molecule has 4 rings (SSSR count). The summed E-state index contributed by atoms with van der Waals surface area (Å²) in [6.45, 7) is 2.72. The minimum atomic E-state index is -0.237. The lowest BCUT2D eigenvalue weighted by atomic mass is 10.1. The third kappa shape index (κ3) is 5.88. The quantitative estimate of drug-likeness (QED) is 0.296. The van der Waals surface area contributed by atoms with Gasteiger partial charge in [-0.05, 0) is 54.4 Å². The minimum absolute atomic E-state index is 0.237. The summed E-state index contributed by atoms with van der Waals surface area (Å²) in [6.07, 6.45) is 3.31. The Kier molecular flexibility index (Phi) is 7.23. The third-order valence-corrected chi connectivity index (χ3v) is 5.99. The number of anilines is 1. The SMILES string of the molecule is Cc1ccc(Cl)c(OCc2ccc(C(=O)Nc3cnn(Cc4c(Cl)cccc4Cl)c3)cc2)c1. The fraction of sp³-hybridized carbons (Fsp3) is 0.120. The predicted molar refractivity (Wildman–Crippen MR) is 133 cm³/mol. The van der Waals surface area contributed by atoms with Crippen LogP contribution in [0.2, 0.25) is 15.1 Å². The number of benzene rings is 3. The van der Waals surface area contributed by atoms with Gasteiger partial charge in [-0.3, -0.25) is 9.48 Å². The van der Waals surface area contributed by atoms with Gasteiger partial charge in [0.05, 0.1) is 23.5 Å². The first-order chi connectivity index (χ1) is 15.9. The molecule has 0 fully saturated rings. The molecule has 1 amide bonds. The van der Waals surface area contributed by atoms with E-state index in [1.807, 2.05) is 37.3 Å². The average molecular weight is 501 g/mol. The van der Waals surface area contributed by atoms with Crippen molar-refractivity contribution in [2.45, 2.75) is 20.1 Å². The zero-order valence-electron chi connectivity index (χ0n) is 17.7. The molecule has 0 aliphatic heterocycles. The van der Waals surface area contributed by atoms with E-state index in [4.69, 9.17) is 39.5 Å². The number of aromatic nitrogens is 2. The van der Waals surface area contributed by atoms with Crippen LogP contribution in [0.5, 0.6) is 5.75 Å². The highest BCUT2D eigenvalue weighted by molar-refractivity contribution is 6.36. The number of rotatable bonds is 7. The number of hydrogen-bond acceptors (Lipinski definition) is 3. The summed E-state index contributed by atoms with van der Waals surface area (Å²) in [7, 11) is 0. The van der Waals surface area contributed by atoms with E-state index >= 15 is 0 Å². The van der Waals surface area contributed by atoms with E-state index in [0.717, 1.165) is 16.7 Å². The van der Waals surface area contributed by atoms with E-state index in [0.29, 0.717) is 45.2 Å². The number of nitrogens with zero attached hydrogens (tertiary/aromatic N) is 2. The first kappa shape index (κ1) is 23.2. The number of nitrogens with one attached hydrogen (secondary N) is 1. The van der Waals surface area contributed by atoms with Gasteiger partial charge >= 0.3 is 0 Å². The Morgan fingerprint density at radius 2 is 1.73 bits per heavy atom. The zero-order chi connectivity index (χ0) is 23.4. The second kappa shape index (κ2) is 10.3. The molecule has 1 heterocycles.